The van der Waals surface area contributed by atoms with Crippen LogP contribution in [-0.4, -0.2) is 30.7 Å². The highest BCUT2D eigenvalue weighted by molar-refractivity contribution is 5.52. The van der Waals surface area contributed by atoms with E-state index in [0.29, 0.717) is 25.6 Å². The molecule has 3 aliphatic carbocycles. The van der Waals surface area contributed by atoms with Gasteiger partial charge in [-0.3, -0.25) is 0 Å². The fourth-order valence-corrected chi connectivity index (χ4v) is 5.74. The highest BCUT2D eigenvalue weighted by Crippen LogP contribution is 2.61. The number of rotatable bonds is 2. The zero-order valence-electron chi connectivity index (χ0n) is 18.6. The second kappa shape index (κ2) is 6.82. The first kappa shape index (κ1) is 20.4. The van der Waals surface area contributed by atoms with Crippen LogP contribution in [0.4, 0.5) is 0 Å². The summed E-state index contributed by atoms with van der Waals surface area (Å²) in [7, 11) is 0. The van der Waals surface area contributed by atoms with E-state index in [1.807, 2.05) is 0 Å². The normalized spacial score (nSPS) is 38.6. The topological polar surface area (TPSA) is 38.7 Å². The second-order valence-corrected chi connectivity index (χ2v) is 11.2. The number of ether oxygens (including phenoxy) is 2. The SMILES string of the molecule is CC(C)C1=C2C3=CC=C(C4OCC(C)(C)CO4)CC(O)[C@]3(C)CCC2(C)CC1. The predicted molar refractivity (Wildman–Crippen MR) is 113 cm³/mol. The lowest BCUT2D eigenvalue weighted by Crippen LogP contribution is -2.43. The van der Waals surface area contributed by atoms with Crippen LogP contribution in [0, 0.1) is 22.2 Å². The van der Waals surface area contributed by atoms with Crippen molar-refractivity contribution in [3.63, 3.8) is 0 Å². The van der Waals surface area contributed by atoms with Gasteiger partial charge in [0.05, 0.1) is 19.3 Å². The van der Waals surface area contributed by atoms with Crippen LogP contribution in [0.1, 0.15) is 73.6 Å². The van der Waals surface area contributed by atoms with Gasteiger partial charge in [0.1, 0.15) is 0 Å². The predicted octanol–water partition coefficient (Wildman–Crippen LogP) is 5.56. The molecule has 28 heavy (non-hydrogen) atoms. The van der Waals surface area contributed by atoms with E-state index in [9.17, 15) is 5.11 Å². The van der Waals surface area contributed by atoms with Gasteiger partial charge >= 0.3 is 0 Å². The average molecular weight is 387 g/mol. The summed E-state index contributed by atoms with van der Waals surface area (Å²) < 4.78 is 12.1. The molecule has 2 unspecified atom stereocenters. The Morgan fingerprint density at radius 2 is 1.68 bits per heavy atom. The van der Waals surface area contributed by atoms with Gasteiger partial charge in [0.2, 0.25) is 0 Å². The van der Waals surface area contributed by atoms with E-state index in [1.165, 1.54) is 24.8 Å². The summed E-state index contributed by atoms with van der Waals surface area (Å²) in [6.45, 7) is 15.1. The van der Waals surface area contributed by atoms with Gasteiger partial charge in [-0.15, -0.1) is 0 Å². The molecule has 3 atom stereocenters. The van der Waals surface area contributed by atoms with Crippen molar-refractivity contribution in [2.24, 2.45) is 22.2 Å². The molecule has 0 aromatic carbocycles. The lowest BCUT2D eigenvalue weighted by molar-refractivity contribution is -0.205. The summed E-state index contributed by atoms with van der Waals surface area (Å²) in [5, 5.41) is 11.4. The first-order valence-electron chi connectivity index (χ1n) is 11.1. The minimum absolute atomic E-state index is 0.0570. The molecule has 4 aliphatic rings. The van der Waals surface area contributed by atoms with Crippen molar-refractivity contribution in [2.75, 3.05) is 13.2 Å². The number of aliphatic hydroxyl groups is 1. The molecule has 0 aromatic heterocycles. The monoisotopic (exact) mass is 386 g/mol. The smallest absolute Gasteiger partial charge is 0.180 e. The quantitative estimate of drug-likeness (QED) is 0.676. The Balaban J connectivity index is 1.72. The van der Waals surface area contributed by atoms with Crippen LogP contribution in [0.25, 0.3) is 0 Å². The third-order valence-electron chi connectivity index (χ3n) is 7.83. The molecule has 0 amide bonds. The van der Waals surface area contributed by atoms with Gasteiger partial charge < -0.3 is 14.6 Å². The molecule has 1 saturated carbocycles. The molecular formula is C25H38O3. The van der Waals surface area contributed by atoms with Crippen LogP contribution in [0.2, 0.25) is 0 Å². The molecule has 2 fully saturated rings. The van der Waals surface area contributed by atoms with Crippen molar-refractivity contribution < 1.29 is 14.6 Å². The largest absolute Gasteiger partial charge is 0.392 e. The molecule has 0 spiro atoms. The van der Waals surface area contributed by atoms with Crippen molar-refractivity contribution in [3.8, 4) is 0 Å². The van der Waals surface area contributed by atoms with E-state index in [1.54, 1.807) is 11.1 Å². The van der Waals surface area contributed by atoms with Crippen LogP contribution in [0.3, 0.4) is 0 Å². The summed E-state index contributed by atoms with van der Waals surface area (Å²) in [5.41, 5.74) is 5.76. The van der Waals surface area contributed by atoms with E-state index < -0.39 is 6.10 Å². The lowest BCUT2D eigenvalue weighted by Gasteiger charge is -2.48. The first-order chi connectivity index (χ1) is 13.1. The summed E-state index contributed by atoms with van der Waals surface area (Å²) in [6.07, 6.45) is 9.07. The van der Waals surface area contributed by atoms with Crippen LogP contribution in [0.15, 0.2) is 34.4 Å². The number of aliphatic hydroxyl groups excluding tert-OH is 1. The zero-order chi connectivity index (χ0) is 20.3. The molecule has 1 heterocycles. The van der Waals surface area contributed by atoms with E-state index in [-0.39, 0.29) is 22.5 Å². The Morgan fingerprint density at radius 3 is 2.32 bits per heavy atom. The fourth-order valence-electron chi connectivity index (χ4n) is 5.74. The van der Waals surface area contributed by atoms with Crippen LogP contribution >= 0.6 is 0 Å². The summed E-state index contributed by atoms with van der Waals surface area (Å²) >= 11 is 0. The van der Waals surface area contributed by atoms with Crippen molar-refractivity contribution in [2.45, 2.75) is 86.0 Å². The van der Waals surface area contributed by atoms with Gasteiger partial charge in [-0.2, -0.15) is 0 Å². The number of hydrogen-bond acceptors (Lipinski definition) is 3. The minimum Gasteiger partial charge on any atom is -0.392 e. The van der Waals surface area contributed by atoms with E-state index >= 15 is 0 Å². The Labute approximate surface area is 170 Å². The molecule has 3 heteroatoms. The van der Waals surface area contributed by atoms with Gasteiger partial charge in [-0.05, 0) is 53.7 Å². The van der Waals surface area contributed by atoms with Crippen molar-refractivity contribution in [1.82, 2.24) is 0 Å². The highest BCUT2D eigenvalue weighted by atomic mass is 16.7. The minimum atomic E-state index is -0.402. The first-order valence-corrected chi connectivity index (χ1v) is 11.1. The standard InChI is InChI=1S/C25H38O3/c1-16(2)18-9-10-24(5)11-12-25(6)19(21(18)24)8-7-17(13-20(25)26)22-27-14-23(3,4)15-28-22/h7-8,16,20,22,26H,9-15H2,1-6H3/t20?,24?,25-/m1/s1. The van der Waals surface area contributed by atoms with Crippen molar-refractivity contribution in [3.05, 3.63) is 34.4 Å². The molecule has 1 N–H and O–H groups in total. The average Bonchev–Trinajstić information content (AvgIpc) is 2.91. The molecular weight excluding hydrogens is 348 g/mol. The number of hydrogen-bond donors (Lipinski definition) is 1. The van der Waals surface area contributed by atoms with Crippen molar-refractivity contribution in [1.29, 1.82) is 0 Å². The Hall–Kier alpha value is -0.900. The maximum atomic E-state index is 11.4. The second-order valence-electron chi connectivity index (χ2n) is 11.2. The molecule has 3 nitrogen and oxygen atoms in total. The zero-order valence-corrected chi connectivity index (χ0v) is 18.6. The summed E-state index contributed by atoms with van der Waals surface area (Å²) in [6, 6.07) is 0. The Bertz CT molecular complexity index is 731. The molecule has 0 aromatic rings. The maximum Gasteiger partial charge on any atom is 0.180 e. The third-order valence-corrected chi connectivity index (χ3v) is 7.83. The Kier molecular flexibility index (Phi) is 4.96. The van der Waals surface area contributed by atoms with Crippen LogP contribution in [-0.2, 0) is 9.47 Å². The van der Waals surface area contributed by atoms with Gasteiger partial charge in [0.15, 0.2) is 6.29 Å². The van der Waals surface area contributed by atoms with Gasteiger partial charge in [0.25, 0.3) is 0 Å². The molecule has 1 saturated heterocycles. The van der Waals surface area contributed by atoms with Gasteiger partial charge in [0, 0.05) is 17.3 Å². The molecule has 1 aliphatic heterocycles. The fraction of sp³-hybridized carbons (Fsp3) is 0.760. The number of allylic oxidation sites excluding steroid dienone is 4. The van der Waals surface area contributed by atoms with Crippen molar-refractivity contribution >= 4 is 0 Å². The maximum absolute atomic E-state index is 11.4. The molecule has 4 rings (SSSR count). The number of fused-ring (bicyclic) bond motifs is 3. The molecule has 156 valence electrons. The molecule has 0 bridgehead atoms. The summed E-state index contributed by atoms with van der Waals surface area (Å²) in [4.78, 5) is 0. The van der Waals surface area contributed by atoms with Gasteiger partial charge in [-0.25, -0.2) is 0 Å². The molecule has 0 radical (unpaired) electrons. The van der Waals surface area contributed by atoms with Crippen LogP contribution < -0.4 is 0 Å². The van der Waals surface area contributed by atoms with E-state index in [0.717, 1.165) is 12.0 Å². The Morgan fingerprint density at radius 1 is 1.00 bits per heavy atom. The lowest BCUT2D eigenvalue weighted by atomic mass is 9.57. The third kappa shape index (κ3) is 3.24. The summed E-state index contributed by atoms with van der Waals surface area (Å²) in [5.74, 6) is 0.566. The highest BCUT2D eigenvalue weighted by Gasteiger charge is 2.52. The van der Waals surface area contributed by atoms with Crippen LogP contribution in [0.5, 0.6) is 0 Å². The van der Waals surface area contributed by atoms with E-state index in [4.69, 9.17) is 9.47 Å². The van der Waals surface area contributed by atoms with Gasteiger partial charge in [-0.1, -0.05) is 59.3 Å². The van der Waals surface area contributed by atoms with E-state index in [2.05, 4.69) is 53.7 Å².